The number of hydrazone groups is 1. The molecule has 0 spiro atoms. The standard InChI is InChI=1S/C15H16N4O3S/c20-11(21)6-5-9-14(22)17-13-12-8-3-1-2-4-10(8)23-15(12)16-7-19(13)18-9/h7,13H,1-6H2,(H,17,22)(H,20,21)/p-1/t13-/m0/s1. The lowest BCUT2D eigenvalue weighted by Gasteiger charge is -2.34. The van der Waals surface area contributed by atoms with Gasteiger partial charge in [-0.2, -0.15) is 5.10 Å². The first kappa shape index (κ1) is 14.4. The van der Waals surface area contributed by atoms with Crippen LogP contribution in [0, 0.1) is 0 Å². The van der Waals surface area contributed by atoms with E-state index in [2.05, 4.69) is 15.4 Å². The second-order valence-electron chi connectivity index (χ2n) is 5.85. The first-order valence-corrected chi connectivity index (χ1v) is 8.50. The van der Waals surface area contributed by atoms with Gasteiger partial charge in [-0.1, -0.05) is 0 Å². The highest BCUT2D eigenvalue weighted by atomic mass is 32.1. The van der Waals surface area contributed by atoms with E-state index in [1.165, 1.54) is 16.9 Å². The number of carbonyl (C=O) groups excluding carboxylic acids is 2. The van der Waals surface area contributed by atoms with Crippen molar-refractivity contribution in [3.05, 3.63) is 16.0 Å². The largest absolute Gasteiger partial charge is 0.550 e. The molecule has 0 unspecified atom stereocenters. The van der Waals surface area contributed by atoms with Crippen molar-refractivity contribution in [2.24, 2.45) is 10.1 Å². The number of fused-ring (bicyclic) bond motifs is 5. The summed E-state index contributed by atoms with van der Waals surface area (Å²) in [4.78, 5) is 28.7. The van der Waals surface area contributed by atoms with Gasteiger partial charge >= 0.3 is 0 Å². The predicted octanol–water partition coefficient (Wildman–Crippen LogP) is 0.617. The second kappa shape index (κ2) is 5.45. The Morgan fingerprint density at radius 2 is 2.26 bits per heavy atom. The number of nitrogens with zero attached hydrogens (tertiary/aromatic N) is 3. The number of rotatable bonds is 3. The Bertz CT molecular complexity index is 752. The highest BCUT2D eigenvalue weighted by Crippen LogP contribution is 2.45. The Morgan fingerprint density at radius 1 is 1.43 bits per heavy atom. The van der Waals surface area contributed by atoms with Gasteiger partial charge in [-0.25, -0.2) is 10.0 Å². The molecule has 2 aliphatic heterocycles. The van der Waals surface area contributed by atoms with Crippen LogP contribution in [0.4, 0.5) is 5.00 Å². The summed E-state index contributed by atoms with van der Waals surface area (Å²) in [5.41, 5.74) is 2.56. The fraction of sp³-hybridized carbons (Fsp3) is 0.467. The highest BCUT2D eigenvalue weighted by molar-refractivity contribution is 7.16. The van der Waals surface area contributed by atoms with Crippen LogP contribution in [0.2, 0.25) is 0 Å². The van der Waals surface area contributed by atoms with Gasteiger partial charge in [0.05, 0.1) is 0 Å². The topological polar surface area (TPSA) is 97.2 Å². The van der Waals surface area contributed by atoms with Crippen LogP contribution < -0.4 is 10.4 Å². The SMILES string of the molecule is O=C([O-])CCC1=NN2C=Nc3sc4c(c3[C@H]2NC1=O)CCCC4. The van der Waals surface area contributed by atoms with E-state index < -0.39 is 5.97 Å². The van der Waals surface area contributed by atoms with Gasteiger partial charge in [-0.15, -0.1) is 11.3 Å². The van der Waals surface area contributed by atoms with E-state index in [0.29, 0.717) is 0 Å². The molecule has 120 valence electrons. The zero-order valence-electron chi connectivity index (χ0n) is 12.4. The number of thiophene rings is 1. The molecule has 1 N–H and O–H groups in total. The summed E-state index contributed by atoms with van der Waals surface area (Å²) in [6.45, 7) is 0. The van der Waals surface area contributed by atoms with Gasteiger partial charge in [0.25, 0.3) is 5.91 Å². The predicted molar refractivity (Wildman–Crippen MR) is 83.5 cm³/mol. The van der Waals surface area contributed by atoms with Gasteiger partial charge in [0.15, 0.2) is 6.17 Å². The van der Waals surface area contributed by atoms with E-state index in [1.807, 2.05) is 0 Å². The molecule has 4 rings (SSSR count). The molecule has 8 heteroatoms. The van der Waals surface area contributed by atoms with Gasteiger partial charge < -0.3 is 15.2 Å². The van der Waals surface area contributed by atoms with E-state index in [1.54, 1.807) is 22.7 Å². The number of carbonyl (C=O) groups is 2. The molecule has 23 heavy (non-hydrogen) atoms. The molecule has 0 saturated heterocycles. The molecule has 1 atom stereocenters. The molecule has 1 aliphatic carbocycles. The highest BCUT2D eigenvalue weighted by Gasteiger charge is 2.36. The Morgan fingerprint density at radius 3 is 3.09 bits per heavy atom. The smallest absolute Gasteiger partial charge is 0.269 e. The van der Waals surface area contributed by atoms with Crippen molar-refractivity contribution in [3.8, 4) is 0 Å². The molecule has 0 saturated carbocycles. The van der Waals surface area contributed by atoms with Gasteiger partial charge in [-0.3, -0.25) is 4.79 Å². The van der Waals surface area contributed by atoms with Crippen molar-refractivity contribution in [1.29, 1.82) is 0 Å². The number of aryl methyl sites for hydroxylation is 1. The number of hydrogen-bond acceptors (Lipinski definition) is 7. The normalized spacial score (nSPS) is 21.9. The number of carboxylic acids is 1. The number of hydrogen-bond donors (Lipinski definition) is 1. The third-order valence-corrected chi connectivity index (χ3v) is 5.57. The molecular weight excluding hydrogens is 316 g/mol. The van der Waals surface area contributed by atoms with Gasteiger partial charge in [0, 0.05) is 22.8 Å². The van der Waals surface area contributed by atoms with Crippen LogP contribution in [0.1, 0.15) is 47.9 Å². The fourth-order valence-corrected chi connectivity index (χ4v) is 4.52. The van der Waals surface area contributed by atoms with Crippen LogP contribution in [-0.2, 0) is 22.4 Å². The van der Waals surface area contributed by atoms with Crippen LogP contribution in [-0.4, -0.2) is 28.9 Å². The molecule has 3 heterocycles. The molecule has 0 fully saturated rings. The van der Waals surface area contributed by atoms with E-state index in [9.17, 15) is 14.7 Å². The molecule has 7 nitrogen and oxygen atoms in total. The molecule has 0 bridgehead atoms. The van der Waals surface area contributed by atoms with Crippen LogP contribution in [0.25, 0.3) is 0 Å². The van der Waals surface area contributed by atoms with Crippen molar-refractivity contribution < 1.29 is 14.7 Å². The van der Waals surface area contributed by atoms with Crippen molar-refractivity contribution in [2.75, 3.05) is 0 Å². The molecule has 3 aliphatic rings. The van der Waals surface area contributed by atoms with Crippen molar-refractivity contribution >= 4 is 40.3 Å². The minimum atomic E-state index is -1.19. The quantitative estimate of drug-likeness (QED) is 0.878. The van der Waals surface area contributed by atoms with Gasteiger partial charge in [0.1, 0.15) is 17.1 Å². The van der Waals surface area contributed by atoms with Crippen LogP contribution in [0.3, 0.4) is 0 Å². The van der Waals surface area contributed by atoms with Crippen molar-refractivity contribution in [3.63, 3.8) is 0 Å². The Kier molecular flexibility index (Phi) is 3.41. The first-order chi connectivity index (χ1) is 11.1. The summed E-state index contributed by atoms with van der Waals surface area (Å²) >= 11 is 1.70. The molecule has 0 aromatic carbocycles. The number of carboxylic acid groups (broad SMARTS) is 1. The number of aliphatic carboxylic acids is 1. The minimum absolute atomic E-state index is 0.0554. The zero-order valence-corrected chi connectivity index (χ0v) is 13.2. The summed E-state index contributed by atoms with van der Waals surface area (Å²) < 4.78 is 0. The lowest BCUT2D eigenvalue weighted by atomic mass is 9.93. The van der Waals surface area contributed by atoms with Crippen LogP contribution >= 0.6 is 11.3 Å². The third kappa shape index (κ3) is 2.42. The number of nitrogens with one attached hydrogen (secondary N) is 1. The summed E-state index contributed by atoms with van der Waals surface area (Å²) in [6, 6.07) is 0. The maximum absolute atomic E-state index is 12.2. The molecule has 0 radical (unpaired) electrons. The minimum Gasteiger partial charge on any atom is -0.550 e. The average Bonchev–Trinajstić information content (AvgIpc) is 2.91. The van der Waals surface area contributed by atoms with E-state index in [-0.39, 0.29) is 30.6 Å². The molecule has 1 amide bonds. The van der Waals surface area contributed by atoms with Crippen LogP contribution in [0.15, 0.2) is 10.1 Å². The molecular formula is C15H15N4O3S-. The van der Waals surface area contributed by atoms with E-state index >= 15 is 0 Å². The third-order valence-electron chi connectivity index (χ3n) is 4.36. The van der Waals surface area contributed by atoms with E-state index in [4.69, 9.17) is 0 Å². The average molecular weight is 331 g/mol. The number of aliphatic imine (C=N–C) groups is 1. The van der Waals surface area contributed by atoms with Crippen LogP contribution in [0.5, 0.6) is 0 Å². The maximum Gasteiger partial charge on any atom is 0.269 e. The van der Waals surface area contributed by atoms with Gasteiger partial charge in [-0.05, 0) is 37.7 Å². The molecule has 1 aromatic heterocycles. The first-order valence-electron chi connectivity index (χ1n) is 7.68. The van der Waals surface area contributed by atoms with Crippen molar-refractivity contribution in [2.45, 2.75) is 44.7 Å². The lowest BCUT2D eigenvalue weighted by molar-refractivity contribution is -0.305. The summed E-state index contributed by atoms with van der Waals surface area (Å²) in [5, 5.41) is 20.4. The summed E-state index contributed by atoms with van der Waals surface area (Å²) in [5.74, 6) is -1.51. The monoisotopic (exact) mass is 331 g/mol. The summed E-state index contributed by atoms with van der Waals surface area (Å²) in [7, 11) is 0. The Labute approximate surface area is 136 Å². The maximum atomic E-state index is 12.2. The summed E-state index contributed by atoms with van der Waals surface area (Å²) in [6.07, 6.45) is 5.54. The van der Waals surface area contributed by atoms with Crippen molar-refractivity contribution in [1.82, 2.24) is 10.3 Å². The zero-order chi connectivity index (χ0) is 16.0. The Hall–Kier alpha value is -2.22. The second-order valence-corrected chi connectivity index (χ2v) is 6.93. The van der Waals surface area contributed by atoms with Gasteiger partial charge in [0.2, 0.25) is 0 Å². The fourth-order valence-electron chi connectivity index (χ4n) is 3.26. The number of amides is 1. The van der Waals surface area contributed by atoms with E-state index in [0.717, 1.165) is 29.8 Å². The Balaban J connectivity index is 1.67. The lowest BCUT2D eigenvalue weighted by Crippen LogP contribution is -2.48. The molecule has 1 aromatic rings.